The van der Waals surface area contributed by atoms with E-state index in [0.29, 0.717) is 23.1 Å². The predicted octanol–water partition coefficient (Wildman–Crippen LogP) is 2.76. The van der Waals surface area contributed by atoms with E-state index >= 15 is 0 Å². The van der Waals surface area contributed by atoms with Gasteiger partial charge < -0.3 is 10.4 Å². The normalized spacial score (nSPS) is 15.7. The summed E-state index contributed by atoms with van der Waals surface area (Å²) in [4.78, 5) is 28.5. The zero-order valence-electron chi connectivity index (χ0n) is 12.7. The SMILES string of the molecule is CCC(NC(=O)O)c1nc2cccc(C)c2c(=O)n1C1CC1. The van der Waals surface area contributed by atoms with Crippen molar-refractivity contribution in [1.82, 2.24) is 14.9 Å². The smallest absolute Gasteiger partial charge is 0.405 e. The minimum Gasteiger partial charge on any atom is -0.465 e. The molecule has 3 rings (SSSR count). The fraction of sp³-hybridized carbons (Fsp3) is 0.438. The highest BCUT2D eigenvalue weighted by molar-refractivity contribution is 5.81. The molecule has 6 nitrogen and oxygen atoms in total. The Morgan fingerprint density at radius 2 is 2.23 bits per heavy atom. The molecule has 0 aliphatic heterocycles. The first-order chi connectivity index (χ1) is 10.5. The molecule has 1 atom stereocenters. The van der Waals surface area contributed by atoms with Gasteiger partial charge in [0.25, 0.3) is 5.56 Å². The van der Waals surface area contributed by atoms with Gasteiger partial charge in [0.2, 0.25) is 0 Å². The molecule has 1 saturated carbocycles. The third-order valence-electron chi connectivity index (χ3n) is 4.09. The lowest BCUT2D eigenvalue weighted by Crippen LogP contribution is -2.34. The van der Waals surface area contributed by atoms with Gasteiger partial charge in [0.1, 0.15) is 5.82 Å². The number of rotatable bonds is 4. The standard InChI is InChI=1S/C16H19N3O3/c1-3-11(18-16(21)22)14-17-12-6-4-5-9(2)13(12)15(20)19(14)10-7-8-10/h4-6,10-11,18H,3,7-8H2,1-2H3,(H,21,22). The molecule has 2 N–H and O–H groups in total. The maximum atomic E-state index is 12.9. The van der Waals surface area contributed by atoms with E-state index < -0.39 is 12.1 Å². The molecule has 1 heterocycles. The number of benzene rings is 1. The van der Waals surface area contributed by atoms with Crippen molar-refractivity contribution in [3.05, 3.63) is 39.9 Å². The van der Waals surface area contributed by atoms with Gasteiger partial charge in [-0.05, 0) is 37.8 Å². The Hall–Kier alpha value is -2.37. The van der Waals surface area contributed by atoms with E-state index in [9.17, 15) is 9.59 Å². The van der Waals surface area contributed by atoms with Crippen molar-refractivity contribution in [2.45, 2.75) is 45.2 Å². The summed E-state index contributed by atoms with van der Waals surface area (Å²) >= 11 is 0. The largest absolute Gasteiger partial charge is 0.465 e. The van der Waals surface area contributed by atoms with Crippen molar-refractivity contribution in [2.75, 3.05) is 0 Å². The van der Waals surface area contributed by atoms with Crippen LogP contribution in [0.4, 0.5) is 4.79 Å². The molecular formula is C16H19N3O3. The average molecular weight is 301 g/mol. The summed E-state index contributed by atoms with van der Waals surface area (Å²) in [6, 6.07) is 5.23. The second-order valence-electron chi connectivity index (χ2n) is 5.76. The minimum absolute atomic E-state index is 0.0637. The molecular weight excluding hydrogens is 282 g/mol. The maximum Gasteiger partial charge on any atom is 0.405 e. The number of hydrogen-bond donors (Lipinski definition) is 2. The van der Waals surface area contributed by atoms with Crippen LogP contribution in [0.15, 0.2) is 23.0 Å². The van der Waals surface area contributed by atoms with Crippen molar-refractivity contribution in [1.29, 1.82) is 0 Å². The molecule has 2 aromatic rings. The van der Waals surface area contributed by atoms with Gasteiger partial charge in [-0.1, -0.05) is 19.1 Å². The lowest BCUT2D eigenvalue weighted by molar-refractivity contribution is 0.188. The Kier molecular flexibility index (Phi) is 3.60. The summed E-state index contributed by atoms with van der Waals surface area (Å²) < 4.78 is 1.69. The van der Waals surface area contributed by atoms with E-state index in [4.69, 9.17) is 5.11 Å². The molecule has 1 aromatic carbocycles. The summed E-state index contributed by atoms with van der Waals surface area (Å²) in [6.07, 6.45) is 1.32. The summed E-state index contributed by atoms with van der Waals surface area (Å²) in [7, 11) is 0. The van der Waals surface area contributed by atoms with E-state index in [1.54, 1.807) is 10.6 Å². The molecule has 1 aliphatic rings. The monoisotopic (exact) mass is 301 g/mol. The quantitative estimate of drug-likeness (QED) is 0.909. The van der Waals surface area contributed by atoms with Crippen LogP contribution in [-0.2, 0) is 0 Å². The van der Waals surface area contributed by atoms with Gasteiger partial charge >= 0.3 is 6.09 Å². The molecule has 1 amide bonds. The molecule has 0 radical (unpaired) electrons. The molecule has 6 heteroatoms. The van der Waals surface area contributed by atoms with Gasteiger partial charge in [0, 0.05) is 6.04 Å². The summed E-state index contributed by atoms with van der Waals surface area (Å²) in [5.41, 5.74) is 1.46. The predicted molar refractivity (Wildman–Crippen MR) is 83.2 cm³/mol. The molecule has 1 fully saturated rings. The number of aryl methyl sites for hydroxylation is 1. The molecule has 116 valence electrons. The number of carboxylic acid groups (broad SMARTS) is 1. The summed E-state index contributed by atoms with van der Waals surface area (Å²) in [6.45, 7) is 3.78. The van der Waals surface area contributed by atoms with E-state index in [0.717, 1.165) is 18.4 Å². The fourth-order valence-electron chi connectivity index (χ4n) is 2.86. The van der Waals surface area contributed by atoms with Crippen LogP contribution < -0.4 is 10.9 Å². The summed E-state index contributed by atoms with van der Waals surface area (Å²) in [5, 5.41) is 12.1. The Bertz CT molecular complexity index is 793. The Morgan fingerprint density at radius 3 is 2.82 bits per heavy atom. The second kappa shape index (κ2) is 5.44. The first kappa shape index (κ1) is 14.6. The van der Waals surface area contributed by atoms with Crippen molar-refractivity contribution in [3.63, 3.8) is 0 Å². The van der Waals surface area contributed by atoms with Crippen LogP contribution in [-0.4, -0.2) is 20.8 Å². The van der Waals surface area contributed by atoms with Gasteiger partial charge in [0.05, 0.1) is 16.9 Å². The fourth-order valence-corrected chi connectivity index (χ4v) is 2.86. The molecule has 0 spiro atoms. The summed E-state index contributed by atoms with van der Waals surface area (Å²) in [5.74, 6) is 0.524. The van der Waals surface area contributed by atoms with Crippen molar-refractivity contribution in [2.24, 2.45) is 0 Å². The molecule has 22 heavy (non-hydrogen) atoms. The van der Waals surface area contributed by atoms with Crippen molar-refractivity contribution >= 4 is 17.0 Å². The lowest BCUT2D eigenvalue weighted by Gasteiger charge is -2.20. The van der Waals surface area contributed by atoms with Crippen LogP contribution >= 0.6 is 0 Å². The van der Waals surface area contributed by atoms with Crippen LogP contribution in [0, 0.1) is 6.92 Å². The third-order valence-corrected chi connectivity index (χ3v) is 4.09. The first-order valence-corrected chi connectivity index (χ1v) is 7.54. The highest BCUT2D eigenvalue weighted by atomic mass is 16.4. The third kappa shape index (κ3) is 2.45. The number of amides is 1. The number of carbonyl (C=O) groups is 1. The lowest BCUT2D eigenvalue weighted by atomic mass is 10.1. The first-order valence-electron chi connectivity index (χ1n) is 7.54. The Labute approximate surface area is 127 Å². The van der Waals surface area contributed by atoms with Gasteiger partial charge in [-0.2, -0.15) is 0 Å². The van der Waals surface area contributed by atoms with Crippen LogP contribution in [0.5, 0.6) is 0 Å². The van der Waals surface area contributed by atoms with Crippen LogP contribution in [0.25, 0.3) is 10.9 Å². The van der Waals surface area contributed by atoms with Gasteiger partial charge in [-0.15, -0.1) is 0 Å². The number of nitrogens with one attached hydrogen (secondary N) is 1. The van der Waals surface area contributed by atoms with Crippen LogP contribution in [0.1, 0.15) is 49.7 Å². The van der Waals surface area contributed by atoms with Crippen molar-refractivity contribution < 1.29 is 9.90 Å². The highest BCUT2D eigenvalue weighted by Gasteiger charge is 2.31. The topological polar surface area (TPSA) is 84.2 Å². The van der Waals surface area contributed by atoms with E-state index in [1.807, 2.05) is 26.0 Å². The van der Waals surface area contributed by atoms with Crippen LogP contribution in [0.3, 0.4) is 0 Å². The molecule has 0 saturated heterocycles. The number of fused-ring (bicyclic) bond motifs is 1. The van der Waals surface area contributed by atoms with Gasteiger partial charge in [0.15, 0.2) is 0 Å². The molecule has 1 unspecified atom stereocenters. The van der Waals surface area contributed by atoms with Gasteiger partial charge in [-0.25, -0.2) is 9.78 Å². The Morgan fingerprint density at radius 1 is 1.50 bits per heavy atom. The maximum absolute atomic E-state index is 12.9. The molecule has 1 aromatic heterocycles. The van der Waals surface area contributed by atoms with Gasteiger partial charge in [-0.3, -0.25) is 9.36 Å². The number of hydrogen-bond acceptors (Lipinski definition) is 3. The van der Waals surface area contributed by atoms with E-state index in [1.165, 1.54) is 0 Å². The molecule has 0 bridgehead atoms. The number of nitrogens with zero attached hydrogens (tertiary/aromatic N) is 2. The number of aromatic nitrogens is 2. The highest BCUT2D eigenvalue weighted by Crippen LogP contribution is 2.36. The zero-order chi connectivity index (χ0) is 15.9. The molecule has 1 aliphatic carbocycles. The minimum atomic E-state index is -1.10. The van der Waals surface area contributed by atoms with Crippen LogP contribution in [0.2, 0.25) is 0 Å². The van der Waals surface area contributed by atoms with E-state index in [-0.39, 0.29) is 11.6 Å². The zero-order valence-corrected chi connectivity index (χ0v) is 12.7. The Balaban J connectivity index is 2.26. The van der Waals surface area contributed by atoms with Crippen molar-refractivity contribution in [3.8, 4) is 0 Å². The second-order valence-corrected chi connectivity index (χ2v) is 5.76. The average Bonchev–Trinajstić information content (AvgIpc) is 3.28. The van der Waals surface area contributed by atoms with E-state index in [2.05, 4.69) is 10.3 Å².